The minimum absolute atomic E-state index is 0.170. The molecule has 0 radical (unpaired) electrons. The normalized spacial score (nSPS) is 11.8. The molecule has 1 rings (SSSR count). The van der Waals surface area contributed by atoms with Gasteiger partial charge in [0, 0.05) is 0 Å². The Morgan fingerprint density at radius 2 is 2.00 bits per heavy atom. The predicted molar refractivity (Wildman–Crippen MR) is 50.9 cm³/mol. The largest absolute Gasteiger partial charge is 0.383 e. The van der Waals surface area contributed by atoms with Crippen molar-refractivity contribution >= 4 is 0 Å². The molecule has 2 heteroatoms. The van der Waals surface area contributed by atoms with Gasteiger partial charge in [-0.05, 0) is 12.5 Å². The first-order chi connectivity index (χ1) is 6.15. The second kappa shape index (κ2) is 3.88. The molecule has 2 nitrogen and oxygen atoms in total. The van der Waals surface area contributed by atoms with Crippen LogP contribution >= 0.6 is 0 Å². The standard InChI is InChI=1S/C11H11NO/c1-8-3-5-10(6-4-8)11(13)9(2)7-12/h3-6,11,13H,2H2,1H3/t11-/m0/s1. The van der Waals surface area contributed by atoms with Gasteiger partial charge in [0.25, 0.3) is 0 Å². The van der Waals surface area contributed by atoms with Crippen molar-refractivity contribution in [1.82, 2.24) is 0 Å². The van der Waals surface area contributed by atoms with E-state index >= 15 is 0 Å². The highest BCUT2D eigenvalue weighted by Crippen LogP contribution is 2.19. The van der Waals surface area contributed by atoms with E-state index in [1.54, 1.807) is 12.1 Å². The van der Waals surface area contributed by atoms with Crippen molar-refractivity contribution in [3.05, 3.63) is 47.5 Å². The Morgan fingerprint density at radius 3 is 2.46 bits per heavy atom. The van der Waals surface area contributed by atoms with Crippen LogP contribution in [0.2, 0.25) is 0 Å². The summed E-state index contributed by atoms with van der Waals surface area (Å²) in [6.07, 6.45) is -0.870. The Bertz CT molecular complexity index is 345. The molecule has 0 heterocycles. The first-order valence-corrected chi connectivity index (χ1v) is 3.98. The molecule has 0 bridgehead atoms. The quantitative estimate of drug-likeness (QED) is 0.696. The third-order valence-electron chi connectivity index (χ3n) is 1.87. The monoisotopic (exact) mass is 173 g/mol. The lowest BCUT2D eigenvalue weighted by Crippen LogP contribution is -1.98. The zero-order chi connectivity index (χ0) is 9.84. The molecule has 1 atom stereocenters. The summed E-state index contributed by atoms with van der Waals surface area (Å²) in [5.74, 6) is 0. The van der Waals surface area contributed by atoms with Gasteiger partial charge in [0.2, 0.25) is 0 Å². The fraction of sp³-hybridized carbons (Fsp3) is 0.182. The first-order valence-electron chi connectivity index (χ1n) is 3.98. The van der Waals surface area contributed by atoms with Gasteiger partial charge in [-0.1, -0.05) is 36.4 Å². The fourth-order valence-electron chi connectivity index (χ4n) is 1.01. The third kappa shape index (κ3) is 2.17. The zero-order valence-corrected chi connectivity index (χ0v) is 7.49. The van der Waals surface area contributed by atoms with E-state index in [1.807, 2.05) is 25.1 Å². The summed E-state index contributed by atoms with van der Waals surface area (Å²) in [5, 5.41) is 18.1. The molecular weight excluding hydrogens is 162 g/mol. The third-order valence-corrected chi connectivity index (χ3v) is 1.87. The van der Waals surface area contributed by atoms with Crippen molar-refractivity contribution in [3.63, 3.8) is 0 Å². The van der Waals surface area contributed by atoms with Gasteiger partial charge >= 0.3 is 0 Å². The van der Waals surface area contributed by atoms with Crippen LogP contribution in [0.3, 0.4) is 0 Å². The van der Waals surface area contributed by atoms with E-state index in [0.29, 0.717) is 5.56 Å². The molecule has 0 amide bonds. The first kappa shape index (κ1) is 9.50. The number of aryl methyl sites for hydroxylation is 1. The smallest absolute Gasteiger partial charge is 0.113 e. The van der Waals surface area contributed by atoms with Crippen LogP contribution in [0.4, 0.5) is 0 Å². The maximum absolute atomic E-state index is 9.56. The molecule has 0 unspecified atom stereocenters. The molecule has 0 saturated heterocycles. The highest BCUT2D eigenvalue weighted by atomic mass is 16.3. The van der Waals surface area contributed by atoms with Crippen LogP contribution in [0.1, 0.15) is 17.2 Å². The zero-order valence-electron chi connectivity index (χ0n) is 7.49. The fourth-order valence-corrected chi connectivity index (χ4v) is 1.01. The predicted octanol–water partition coefficient (Wildman–Crippen LogP) is 2.11. The molecule has 0 spiro atoms. The summed E-state index contributed by atoms with van der Waals surface area (Å²) < 4.78 is 0. The van der Waals surface area contributed by atoms with Crippen LogP contribution < -0.4 is 0 Å². The lowest BCUT2D eigenvalue weighted by Gasteiger charge is -2.08. The molecule has 0 aliphatic rings. The molecule has 1 N–H and O–H groups in total. The number of rotatable bonds is 2. The van der Waals surface area contributed by atoms with Gasteiger partial charge in [0.05, 0.1) is 11.6 Å². The topological polar surface area (TPSA) is 44.0 Å². The number of aliphatic hydroxyl groups excluding tert-OH is 1. The molecule has 0 aliphatic heterocycles. The molecule has 13 heavy (non-hydrogen) atoms. The molecule has 0 aromatic heterocycles. The van der Waals surface area contributed by atoms with E-state index in [4.69, 9.17) is 5.26 Å². The van der Waals surface area contributed by atoms with E-state index in [-0.39, 0.29) is 5.57 Å². The second-order valence-electron chi connectivity index (χ2n) is 2.95. The van der Waals surface area contributed by atoms with Crippen molar-refractivity contribution < 1.29 is 5.11 Å². The number of nitrogens with zero attached hydrogens (tertiary/aromatic N) is 1. The number of hydrogen-bond acceptors (Lipinski definition) is 2. The van der Waals surface area contributed by atoms with Gasteiger partial charge in [-0.25, -0.2) is 0 Å². The summed E-state index contributed by atoms with van der Waals surface area (Å²) in [5.41, 5.74) is 2.00. The Kier molecular flexibility index (Phi) is 2.84. The van der Waals surface area contributed by atoms with Gasteiger partial charge in [-0.15, -0.1) is 0 Å². The molecule has 1 aromatic carbocycles. The summed E-state index contributed by atoms with van der Waals surface area (Å²) in [7, 11) is 0. The van der Waals surface area contributed by atoms with Crippen LogP contribution in [0.25, 0.3) is 0 Å². The van der Waals surface area contributed by atoms with Crippen molar-refractivity contribution in [2.24, 2.45) is 0 Å². The maximum atomic E-state index is 9.56. The summed E-state index contributed by atoms with van der Waals surface area (Å²) in [4.78, 5) is 0. The lowest BCUT2D eigenvalue weighted by molar-refractivity contribution is 0.221. The summed E-state index contributed by atoms with van der Waals surface area (Å²) >= 11 is 0. The summed E-state index contributed by atoms with van der Waals surface area (Å²) in [6.45, 7) is 5.43. The average Bonchev–Trinajstić information content (AvgIpc) is 2.17. The Balaban J connectivity index is 2.91. The van der Waals surface area contributed by atoms with Crippen molar-refractivity contribution in [2.45, 2.75) is 13.0 Å². The van der Waals surface area contributed by atoms with E-state index < -0.39 is 6.10 Å². The van der Waals surface area contributed by atoms with Crippen LogP contribution in [-0.4, -0.2) is 5.11 Å². The minimum atomic E-state index is -0.870. The van der Waals surface area contributed by atoms with Crippen LogP contribution in [0.15, 0.2) is 36.4 Å². The number of benzene rings is 1. The van der Waals surface area contributed by atoms with E-state index in [2.05, 4.69) is 6.58 Å². The van der Waals surface area contributed by atoms with Crippen molar-refractivity contribution in [3.8, 4) is 6.07 Å². The lowest BCUT2D eigenvalue weighted by atomic mass is 10.0. The molecular formula is C11H11NO. The molecule has 0 fully saturated rings. The molecule has 0 saturated carbocycles. The number of aliphatic hydroxyl groups is 1. The van der Waals surface area contributed by atoms with E-state index in [1.165, 1.54) is 0 Å². The van der Waals surface area contributed by atoms with Gasteiger partial charge in [0.15, 0.2) is 0 Å². The van der Waals surface area contributed by atoms with Gasteiger partial charge in [-0.3, -0.25) is 0 Å². The van der Waals surface area contributed by atoms with E-state index in [0.717, 1.165) is 5.56 Å². The Hall–Kier alpha value is -1.59. The number of nitriles is 1. The van der Waals surface area contributed by atoms with Crippen LogP contribution in [-0.2, 0) is 0 Å². The highest BCUT2D eigenvalue weighted by Gasteiger charge is 2.09. The molecule has 66 valence electrons. The Labute approximate surface area is 77.8 Å². The average molecular weight is 173 g/mol. The van der Waals surface area contributed by atoms with Gasteiger partial charge in [0.1, 0.15) is 6.10 Å². The number of hydrogen-bond donors (Lipinski definition) is 1. The van der Waals surface area contributed by atoms with Crippen molar-refractivity contribution in [2.75, 3.05) is 0 Å². The maximum Gasteiger partial charge on any atom is 0.113 e. The van der Waals surface area contributed by atoms with Crippen LogP contribution in [0, 0.1) is 18.3 Å². The molecule has 1 aromatic rings. The summed E-state index contributed by atoms with van der Waals surface area (Å²) in [6, 6.07) is 9.21. The van der Waals surface area contributed by atoms with Gasteiger partial charge in [-0.2, -0.15) is 5.26 Å². The second-order valence-corrected chi connectivity index (χ2v) is 2.95. The Morgan fingerprint density at radius 1 is 1.46 bits per heavy atom. The van der Waals surface area contributed by atoms with Crippen LogP contribution in [0.5, 0.6) is 0 Å². The highest BCUT2D eigenvalue weighted by molar-refractivity contribution is 5.33. The van der Waals surface area contributed by atoms with Gasteiger partial charge < -0.3 is 5.11 Å². The minimum Gasteiger partial charge on any atom is -0.383 e. The molecule has 0 aliphatic carbocycles. The van der Waals surface area contributed by atoms with E-state index in [9.17, 15) is 5.11 Å². The SMILES string of the molecule is C=C(C#N)[C@H](O)c1ccc(C)cc1. The van der Waals surface area contributed by atoms with Crippen molar-refractivity contribution in [1.29, 1.82) is 5.26 Å².